The number of rotatable bonds is 5. The lowest BCUT2D eigenvalue weighted by Gasteiger charge is -2.23. The molecule has 0 aliphatic carbocycles. The normalized spacial score (nSPS) is 14.8. The third kappa shape index (κ3) is 4.79. The number of hydrogen-bond donors (Lipinski definition) is 0. The summed E-state index contributed by atoms with van der Waals surface area (Å²) in [4.78, 5) is 0. The maximum absolute atomic E-state index is 2.36. The second-order valence-electron chi connectivity index (χ2n) is 4.77. The minimum absolute atomic E-state index is 0.757. The van der Waals surface area contributed by atoms with E-state index < -0.39 is 0 Å². The van der Waals surface area contributed by atoms with Crippen LogP contribution in [0.2, 0.25) is 0 Å². The topological polar surface area (TPSA) is 0 Å². The van der Waals surface area contributed by atoms with Crippen molar-refractivity contribution in [2.45, 2.75) is 54.4 Å². The molecule has 73 valence electrons. The highest BCUT2D eigenvalue weighted by Gasteiger charge is 2.15. The summed E-state index contributed by atoms with van der Waals surface area (Å²) in [5.41, 5.74) is 0. The molecule has 0 aliphatic rings. The van der Waals surface area contributed by atoms with E-state index in [-0.39, 0.29) is 0 Å². The number of hydrogen-bond acceptors (Lipinski definition) is 0. The average molecular weight is 169 g/mol. The fourth-order valence-corrected chi connectivity index (χ4v) is 1.38. The molecule has 0 aliphatic heterocycles. The van der Waals surface area contributed by atoms with Gasteiger partial charge in [-0.1, -0.05) is 48.0 Å². The summed E-state index contributed by atoms with van der Waals surface area (Å²) in [6, 6.07) is 0. The van der Waals surface area contributed by atoms with E-state index >= 15 is 0 Å². The molecule has 0 heterocycles. The molecule has 1 atom stereocenters. The Balaban J connectivity index is 3.64. The molecule has 1 unspecified atom stereocenters. The quantitative estimate of drug-likeness (QED) is 0.575. The van der Waals surface area contributed by atoms with Crippen molar-refractivity contribution >= 4 is 0 Å². The second kappa shape index (κ2) is 5.61. The van der Waals surface area contributed by atoms with Gasteiger partial charge < -0.3 is 0 Å². The Morgan fingerprint density at radius 2 is 1.42 bits per heavy atom. The Morgan fingerprint density at radius 3 is 1.75 bits per heavy atom. The molecule has 0 N–H and O–H groups in total. The molecule has 0 saturated carbocycles. The van der Waals surface area contributed by atoms with Crippen LogP contribution in [0.4, 0.5) is 0 Å². The second-order valence-corrected chi connectivity index (χ2v) is 4.77. The summed E-state index contributed by atoms with van der Waals surface area (Å²) >= 11 is 0. The molecule has 0 nitrogen and oxygen atoms in total. The van der Waals surface area contributed by atoms with Crippen molar-refractivity contribution < 1.29 is 0 Å². The monoisotopic (exact) mass is 169 g/mol. The van der Waals surface area contributed by atoms with Gasteiger partial charge in [0.05, 0.1) is 0 Å². The molecule has 0 amide bonds. The summed E-state index contributed by atoms with van der Waals surface area (Å²) in [6.45, 7) is 13.9. The predicted octanol–water partition coefficient (Wildman–Crippen LogP) is 4.31. The molecule has 0 saturated heterocycles. The third-order valence-electron chi connectivity index (χ3n) is 2.87. The average Bonchev–Trinajstić information content (AvgIpc) is 1.98. The zero-order chi connectivity index (χ0) is 9.72. The van der Waals surface area contributed by atoms with E-state index in [4.69, 9.17) is 0 Å². The van der Waals surface area contributed by atoms with Crippen LogP contribution < -0.4 is 0 Å². The summed E-state index contributed by atoms with van der Waals surface area (Å²) in [5, 5.41) is 0. The van der Waals surface area contributed by atoms with Gasteiger partial charge in [0.15, 0.2) is 0 Å². The summed E-state index contributed by atoms with van der Waals surface area (Å²) < 4.78 is 0. The van der Waals surface area contributed by atoms with Crippen LogP contribution in [0.3, 0.4) is 0 Å². The highest BCUT2D eigenvalue weighted by Crippen LogP contribution is 2.27. The molecule has 0 bridgehead atoms. The molecule has 0 heteroatoms. The van der Waals surface area contributed by atoms with E-state index in [1.54, 1.807) is 5.92 Å². The van der Waals surface area contributed by atoms with Gasteiger partial charge in [-0.05, 0) is 30.1 Å². The fraction of sp³-hybridized carbons (Fsp3) is 0.917. The van der Waals surface area contributed by atoms with Gasteiger partial charge in [-0.2, -0.15) is 0 Å². The Hall–Kier alpha value is 0. The van der Waals surface area contributed by atoms with Gasteiger partial charge in [0.1, 0.15) is 0 Å². The molecule has 0 aromatic carbocycles. The first-order valence-corrected chi connectivity index (χ1v) is 5.28. The van der Waals surface area contributed by atoms with Crippen molar-refractivity contribution in [2.24, 2.45) is 17.8 Å². The first-order chi connectivity index (χ1) is 5.45. The molecule has 0 aromatic rings. The maximum atomic E-state index is 2.36. The van der Waals surface area contributed by atoms with Crippen LogP contribution in [0.25, 0.3) is 0 Å². The molecular weight excluding hydrogens is 144 g/mol. The van der Waals surface area contributed by atoms with Gasteiger partial charge in [0, 0.05) is 0 Å². The Bertz CT molecular complexity index is 103. The molecule has 1 radical (unpaired) electrons. The van der Waals surface area contributed by atoms with E-state index in [0.29, 0.717) is 0 Å². The van der Waals surface area contributed by atoms with Gasteiger partial charge in [0.2, 0.25) is 0 Å². The van der Waals surface area contributed by atoms with Gasteiger partial charge in [-0.25, -0.2) is 0 Å². The zero-order valence-corrected chi connectivity index (χ0v) is 9.65. The highest BCUT2D eigenvalue weighted by atomic mass is 14.2. The molecular formula is C12H25. The zero-order valence-electron chi connectivity index (χ0n) is 9.65. The van der Waals surface area contributed by atoms with Gasteiger partial charge in [-0.3, -0.25) is 0 Å². The van der Waals surface area contributed by atoms with E-state index in [9.17, 15) is 0 Å². The summed E-state index contributed by atoms with van der Waals surface area (Å²) in [5.74, 6) is 4.09. The first kappa shape index (κ1) is 12.0. The molecule has 0 aromatic heterocycles. The standard InChI is InChI=1S/C12H25/c1-9(2)7-8-11(5)12(6)10(3)4/h9-11H,7-8H2,1-6H3. The van der Waals surface area contributed by atoms with Crippen molar-refractivity contribution in [2.75, 3.05) is 0 Å². The lowest BCUT2D eigenvalue weighted by Crippen LogP contribution is -2.12. The molecule has 12 heavy (non-hydrogen) atoms. The van der Waals surface area contributed by atoms with E-state index in [0.717, 1.165) is 17.8 Å². The first-order valence-electron chi connectivity index (χ1n) is 5.28. The van der Waals surface area contributed by atoms with Crippen molar-refractivity contribution in [1.82, 2.24) is 0 Å². The predicted molar refractivity (Wildman–Crippen MR) is 57.0 cm³/mol. The molecule has 0 rings (SSSR count). The maximum Gasteiger partial charge on any atom is -0.0218 e. The fourth-order valence-electron chi connectivity index (χ4n) is 1.38. The van der Waals surface area contributed by atoms with Crippen molar-refractivity contribution in [3.63, 3.8) is 0 Å². The van der Waals surface area contributed by atoms with Crippen LogP contribution in [-0.2, 0) is 0 Å². The van der Waals surface area contributed by atoms with Gasteiger partial charge in [-0.15, -0.1) is 0 Å². The third-order valence-corrected chi connectivity index (χ3v) is 2.87. The van der Waals surface area contributed by atoms with Crippen LogP contribution in [-0.4, -0.2) is 0 Å². The van der Waals surface area contributed by atoms with Crippen molar-refractivity contribution in [1.29, 1.82) is 0 Å². The Morgan fingerprint density at radius 1 is 0.917 bits per heavy atom. The highest BCUT2D eigenvalue weighted by molar-refractivity contribution is 4.92. The molecule has 0 spiro atoms. The molecule has 0 fully saturated rings. The van der Waals surface area contributed by atoms with E-state index in [1.165, 1.54) is 12.8 Å². The lowest BCUT2D eigenvalue weighted by molar-refractivity contribution is 0.417. The summed E-state index contributed by atoms with van der Waals surface area (Å²) in [7, 11) is 0. The Labute approximate surface area is 78.8 Å². The minimum Gasteiger partial charge on any atom is -0.0628 e. The smallest absolute Gasteiger partial charge is 0.0218 e. The van der Waals surface area contributed by atoms with Gasteiger partial charge in [0.25, 0.3) is 0 Å². The summed E-state index contributed by atoms with van der Waals surface area (Å²) in [6.07, 6.45) is 2.73. The van der Waals surface area contributed by atoms with Crippen LogP contribution in [0.15, 0.2) is 0 Å². The van der Waals surface area contributed by atoms with Crippen LogP contribution in [0, 0.1) is 23.7 Å². The van der Waals surface area contributed by atoms with Crippen molar-refractivity contribution in [3.8, 4) is 0 Å². The largest absolute Gasteiger partial charge is 0.0628 e. The SMILES string of the molecule is C[C](C(C)C)C(C)CCC(C)C. The van der Waals surface area contributed by atoms with Crippen LogP contribution in [0.5, 0.6) is 0 Å². The van der Waals surface area contributed by atoms with E-state index in [1.807, 2.05) is 0 Å². The minimum atomic E-state index is 0.757. The Kier molecular flexibility index (Phi) is 5.61. The van der Waals surface area contributed by atoms with Crippen molar-refractivity contribution in [3.05, 3.63) is 5.92 Å². The van der Waals surface area contributed by atoms with E-state index in [2.05, 4.69) is 41.5 Å². The van der Waals surface area contributed by atoms with Gasteiger partial charge >= 0.3 is 0 Å². The van der Waals surface area contributed by atoms with Crippen LogP contribution in [0.1, 0.15) is 54.4 Å². The lowest BCUT2D eigenvalue weighted by atomic mass is 9.82. The van der Waals surface area contributed by atoms with Crippen LogP contribution >= 0.6 is 0 Å².